The number of rotatable bonds is 6. The Morgan fingerprint density at radius 2 is 2.07 bits per heavy atom. The molecule has 0 aliphatic rings. The number of aromatic amines is 1. The smallest absolute Gasteiger partial charge is 0.291 e. The second-order valence-electron chi connectivity index (χ2n) is 6.05. The normalized spacial score (nSPS) is 10.9. The van der Waals surface area contributed by atoms with E-state index < -0.39 is 0 Å². The highest BCUT2D eigenvalue weighted by molar-refractivity contribution is 5.90. The molecule has 1 N–H and O–H groups in total. The Morgan fingerprint density at radius 3 is 2.82 bits per heavy atom. The van der Waals surface area contributed by atoms with Crippen LogP contribution >= 0.6 is 0 Å². The number of nitrogens with one attached hydrogen (secondary N) is 1. The van der Waals surface area contributed by atoms with Crippen molar-refractivity contribution in [2.45, 2.75) is 20.4 Å². The maximum atomic E-state index is 12.7. The van der Waals surface area contributed by atoms with Gasteiger partial charge in [0.2, 0.25) is 17.5 Å². The molecule has 0 saturated carbocycles. The number of carbonyl (C=O) groups excluding carboxylic acids is 1. The van der Waals surface area contributed by atoms with Crippen molar-refractivity contribution in [1.82, 2.24) is 45.0 Å². The molecule has 4 aromatic rings. The Kier molecular flexibility index (Phi) is 4.62. The summed E-state index contributed by atoms with van der Waals surface area (Å²) >= 11 is 0. The third kappa shape index (κ3) is 3.49. The lowest BCUT2D eigenvalue weighted by Crippen LogP contribution is -2.31. The number of hydrogen-bond acceptors (Lipinski definition) is 8. The fourth-order valence-electron chi connectivity index (χ4n) is 2.63. The molecule has 3 heterocycles. The highest BCUT2D eigenvalue weighted by Gasteiger charge is 2.22. The SMILES string of the molecule is CCN(Cc1nc(-c2cccc(C)c2)no1)C(=O)c1nc(-n2cnnc2)n[nH]1. The van der Waals surface area contributed by atoms with Crippen molar-refractivity contribution in [3.63, 3.8) is 0 Å². The standard InChI is InChI=1S/C17H17N9O2/c1-3-25(16(27)15-21-17(23-22-15)26-9-18-19-10-26)8-13-20-14(24-28-13)12-6-4-5-11(2)7-12/h4-7,9-10H,3,8H2,1-2H3,(H,21,22,23). The summed E-state index contributed by atoms with van der Waals surface area (Å²) in [5, 5.41) is 18.0. The van der Waals surface area contributed by atoms with E-state index in [2.05, 4.69) is 35.5 Å². The van der Waals surface area contributed by atoms with Crippen LogP contribution in [0.4, 0.5) is 0 Å². The van der Waals surface area contributed by atoms with E-state index >= 15 is 0 Å². The first-order valence-corrected chi connectivity index (χ1v) is 8.60. The highest BCUT2D eigenvalue weighted by Crippen LogP contribution is 2.18. The van der Waals surface area contributed by atoms with E-state index in [-0.39, 0.29) is 24.2 Å². The van der Waals surface area contributed by atoms with Crippen LogP contribution in [-0.2, 0) is 6.54 Å². The molecule has 1 aromatic carbocycles. The van der Waals surface area contributed by atoms with E-state index in [1.165, 1.54) is 22.1 Å². The lowest BCUT2D eigenvalue weighted by atomic mass is 10.1. The molecular formula is C17H17N9O2. The predicted octanol–water partition coefficient (Wildman–Crippen LogP) is 1.41. The van der Waals surface area contributed by atoms with Crippen LogP contribution in [0.15, 0.2) is 41.4 Å². The van der Waals surface area contributed by atoms with Crippen molar-refractivity contribution in [3.8, 4) is 17.3 Å². The van der Waals surface area contributed by atoms with Crippen molar-refractivity contribution >= 4 is 5.91 Å². The minimum absolute atomic E-state index is 0.101. The van der Waals surface area contributed by atoms with Gasteiger partial charge in [0, 0.05) is 12.1 Å². The summed E-state index contributed by atoms with van der Waals surface area (Å²) in [6.45, 7) is 4.45. The van der Waals surface area contributed by atoms with Gasteiger partial charge >= 0.3 is 0 Å². The fourth-order valence-corrected chi connectivity index (χ4v) is 2.63. The molecule has 28 heavy (non-hydrogen) atoms. The van der Waals surface area contributed by atoms with Gasteiger partial charge in [0.25, 0.3) is 11.9 Å². The molecule has 3 aromatic heterocycles. The van der Waals surface area contributed by atoms with Gasteiger partial charge in [0.05, 0.1) is 0 Å². The van der Waals surface area contributed by atoms with Gasteiger partial charge in [-0.15, -0.1) is 15.3 Å². The van der Waals surface area contributed by atoms with Crippen LogP contribution in [0.2, 0.25) is 0 Å². The van der Waals surface area contributed by atoms with E-state index in [4.69, 9.17) is 4.52 Å². The van der Waals surface area contributed by atoms with E-state index in [1.807, 2.05) is 38.1 Å². The Balaban J connectivity index is 1.50. The lowest BCUT2D eigenvalue weighted by molar-refractivity contribution is 0.0722. The molecule has 0 unspecified atom stereocenters. The van der Waals surface area contributed by atoms with Gasteiger partial charge in [-0.2, -0.15) is 9.97 Å². The minimum atomic E-state index is -0.329. The van der Waals surface area contributed by atoms with Gasteiger partial charge < -0.3 is 9.42 Å². The van der Waals surface area contributed by atoms with Gasteiger partial charge in [-0.25, -0.2) is 0 Å². The van der Waals surface area contributed by atoms with Gasteiger partial charge in [0.15, 0.2) is 0 Å². The zero-order valence-corrected chi connectivity index (χ0v) is 15.3. The number of nitrogens with zero attached hydrogens (tertiary/aromatic N) is 8. The third-order valence-electron chi connectivity index (χ3n) is 4.07. The van der Waals surface area contributed by atoms with Gasteiger partial charge in [-0.3, -0.25) is 14.5 Å². The van der Waals surface area contributed by atoms with Crippen molar-refractivity contribution in [3.05, 3.63) is 54.2 Å². The number of benzene rings is 1. The Morgan fingerprint density at radius 1 is 1.25 bits per heavy atom. The summed E-state index contributed by atoms with van der Waals surface area (Å²) < 4.78 is 6.82. The lowest BCUT2D eigenvalue weighted by Gasteiger charge is -2.16. The highest BCUT2D eigenvalue weighted by atomic mass is 16.5. The number of H-pyrrole nitrogens is 1. The molecule has 1 amide bonds. The van der Waals surface area contributed by atoms with Crippen LogP contribution in [0.25, 0.3) is 17.3 Å². The molecule has 0 fully saturated rings. The molecule has 0 aliphatic carbocycles. The molecule has 0 radical (unpaired) electrons. The summed E-state index contributed by atoms with van der Waals surface area (Å²) in [6.07, 6.45) is 2.89. The zero-order valence-electron chi connectivity index (χ0n) is 15.3. The number of aryl methyl sites for hydroxylation is 1. The number of aromatic nitrogens is 8. The molecule has 0 atom stereocenters. The molecule has 0 aliphatic heterocycles. The van der Waals surface area contributed by atoms with Crippen LogP contribution in [0.5, 0.6) is 0 Å². The molecule has 11 heteroatoms. The zero-order chi connectivity index (χ0) is 19.5. The van der Waals surface area contributed by atoms with Crippen LogP contribution in [0, 0.1) is 6.92 Å². The largest absolute Gasteiger partial charge is 0.337 e. The van der Waals surface area contributed by atoms with Crippen molar-refractivity contribution in [2.24, 2.45) is 0 Å². The van der Waals surface area contributed by atoms with Crippen molar-refractivity contribution in [1.29, 1.82) is 0 Å². The van der Waals surface area contributed by atoms with Gasteiger partial charge in [0.1, 0.15) is 19.2 Å². The van der Waals surface area contributed by atoms with Crippen LogP contribution in [0.1, 0.15) is 29.0 Å². The molecule has 0 spiro atoms. The summed E-state index contributed by atoms with van der Waals surface area (Å²) in [5.74, 6) is 0.875. The average Bonchev–Trinajstić information content (AvgIpc) is 3.47. The first-order chi connectivity index (χ1) is 13.6. The first kappa shape index (κ1) is 17.5. The van der Waals surface area contributed by atoms with E-state index in [9.17, 15) is 4.79 Å². The van der Waals surface area contributed by atoms with E-state index in [0.717, 1.165) is 11.1 Å². The molecule has 11 nitrogen and oxygen atoms in total. The van der Waals surface area contributed by atoms with Crippen LogP contribution < -0.4 is 0 Å². The van der Waals surface area contributed by atoms with Crippen LogP contribution in [-0.4, -0.2) is 57.4 Å². The predicted molar refractivity (Wildman–Crippen MR) is 96.2 cm³/mol. The second-order valence-corrected chi connectivity index (χ2v) is 6.05. The fraction of sp³-hybridized carbons (Fsp3) is 0.235. The molecule has 142 valence electrons. The van der Waals surface area contributed by atoms with Crippen molar-refractivity contribution in [2.75, 3.05) is 6.54 Å². The summed E-state index contributed by atoms with van der Waals surface area (Å²) in [5.41, 5.74) is 1.96. The number of carbonyl (C=O) groups is 1. The molecule has 4 rings (SSSR count). The van der Waals surface area contributed by atoms with Crippen molar-refractivity contribution < 1.29 is 9.32 Å². The summed E-state index contributed by atoms with van der Waals surface area (Å²) in [7, 11) is 0. The topological polar surface area (TPSA) is 132 Å². The summed E-state index contributed by atoms with van der Waals surface area (Å²) in [4.78, 5) is 22.9. The minimum Gasteiger partial charge on any atom is -0.337 e. The Labute approximate surface area is 159 Å². The molecule has 0 bridgehead atoms. The number of hydrogen-bond donors (Lipinski definition) is 1. The third-order valence-corrected chi connectivity index (χ3v) is 4.07. The average molecular weight is 379 g/mol. The maximum Gasteiger partial charge on any atom is 0.291 e. The molecule has 0 saturated heterocycles. The van der Waals surface area contributed by atoms with E-state index in [0.29, 0.717) is 18.3 Å². The summed E-state index contributed by atoms with van der Waals surface area (Å²) in [6, 6.07) is 7.80. The second kappa shape index (κ2) is 7.39. The monoisotopic (exact) mass is 379 g/mol. The maximum absolute atomic E-state index is 12.7. The van der Waals surface area contributed by atoms with Gasteiger partial charge in [-0.1, -0.05) is 28.9 Å². The molecular weight excluding hydrogens is 362 g/mol. The Bertz CT molecular complexity index is 1080. The van der Waals surface area contributed by atoms with E-state index in [1.54, 1.807) is 0 Å². The van der Waals surface area contributed by atoms with Crippen LogP contribution in [0.3, 0.4) is 0 Å². The van der Waals surface area contributed by atoms with Gasteiger partial charge in [-0.05, 0) is 19.9 Å². The Hall–Kier alpha value is -3.89. The quantitative estimate of drug-likeness (QED) is 0.532. The first-order valence-electron chi connectivity index (χ1n) is 8.60. The number of amides is 1.